The quantitative estimate of drug-likeness (QED) is 0.552. The molecule has 0 aromatic heterocycles. The number of rotatable bonds is 9. The van der Waals surface area contributed by atoms with Crippen molar-refractivity contribution < 1.29 is 22.3 Å². The highest BCUT2D eigenvalue weighted by Crippen LogP contribution is 2.35. The Kier molecular flexibility index (Phi) is 7.77. The van der Waals surface area contributed by atoms with Crippen molar-refractivity contribution in [3.8, 4) is 0 Å². The Balaban J connectivity index is 2.42. The van der Waals surface area contributed by atoms with Crippen LogP contribution in [0.2, 0.25) is 5.02 Å². The molecule has 1 N–H and O–H groups in total. The molecule has 2 rings (SSSR count). The number of unbranched alkanes of at least 4 members (excludes halogenated alkanes) is 2. The van der Waals surface area contributed by atoms with Crippen LogP contribution in [-0.2, 0) is 9.84 Å². The predicted molar refractivity (Wildman–Crippen MR) is 103 cm³/mol. The minimum atomic E-state index is -4.06. The van der Waals surface area contributed by atoms with Crippen molar-refractivity contribution >= 4 is 21.4 Å². The van der Waals surface area contributed by atoms with Gasteiger partial charge in [0.2, 0.25) is 0 Å². The molecule has 7 heteroatoms. The summed E-state index contributed by atoms with van der Waals surface area (Å²) in [6, 6.07) is 8.21. The van der Waals surface area contributed by atoms with Crippen LogP contribution in [0.5, 0.6) is 0 Å². The van der Waals surface area contributed by atoms with E-state index in [0.717, 1.165) is 37.5 Å². The Morgan fingerprint density at radius 3 is 2.37 bits per heavy atom. The molecule has 148 valence electrons. The topological polar surface area (TPSA) is 54.4 Å². The zero-order chi connectivity index (χ0) is 20.0. The molecule has 2 unspecified atom stereocenters. The second-order valence-corrected chi connectivity index (χ2v) is 9.11. The first-order valence-electron chi connectivity index (χ1n) is 8.88. The van der Waals surface area contributed by atoms with E-state index >= 15 is 0 Å². The van der Waals surface area contributed by atoms with Gasteiger partial charge in [0.05, 0.1) is 16.2 Å². The van der Waals surface area contributed by atoms with Crippen LogP contribution in [0.1, 0.15) is 49.8 Å². The van der Waals surface area contributed by atoms with Crippen LogP contribution in [0.25, 0.3) is 0 Å². The monoisotopic (exact) mass is 416 g/mol. The minimum Gasteiger partial charge on any atom is -0.393 e. The molecule has 2 aromatic carbocycles. The molecule has 27 heavy (non-hydrogen) atoms. The highest BCUT2D eigenvalue weighted by atomic mass is 35.5. The van der Waals surface area contributed by atoms with Crippen molar-refractivity contribution in [2.75, 3.05) is 0 Å². The number of hydrogen-bond acceptors (Lipinski definition) is 3. The lowest BCUT2D eigenvalue weighted by atomic mass is 10.0. The molecule has 0 saturated heterocycles. The van der Waals surface area contributed by atoms with Crippen LogP contribution in [0.3, 0.4) is 0 Å². The minimum absolute atomic E-state index is 0.0543. The third kappa shape index (κ3) is 5.74. The molecule has 0 amide bonds. The van der Waals surface area contributed by atoms with Crippen LogP contribution in [0.15, 0.2) is 47.4 Å². The summed E-state index contributed by atoms with van der Waals surface area (Å²) in [5.41, 5.74) is -0.278. The van der Waals surface area contributed by atoms with E-state index < -0.39 is 32.8 Å². The summed E-state index contributed by atoms with van der Waals surface area (Å²) in [4.78, 5) is -0.0543. The van der Waals surface area contributed by atoms with Gasteiger partial charge in [0, 0.05) is 10.6 Å². The van der Waals surface area contributed by atoms with Crippen LogP contribution >= 0.6 is 11.6 Å². The van der Waals surface area contributed by atoms with E-state index in [0.29, 0.717) is 11.4 Å². The summed E-state index contributed by atoms with van der Waals surface area (Å²) in [6.07, 6.45) is 1.84. The lowest BCUT2D eigenvalue weighted by Gasteiger charge is -2.22. The van der Waals surface area contributed by atoms with Gasteiger partial charge in [-0.25, -0.2) is 17.2 Å². The summed E-state index contributed by atoms with van der Waals surface area (Å²) in [5, 5.41) is 9.29. The molecule has 0 aliphatic carbocycles. The van der Waals surface area contributed by atoms with E-state index in [1.165, 1.54) is 24.3 Å². The molecule has 0 fully saturated rings. The van der Waals surface area contributed by atoms with Gasteiger partial charge in [-0.1, -0.05) is 37.8 Å². The fourth-order valence-corrected chi connectivity index (χ4v) is 4.93. The first-order valence-corrected chi connectivity index (χ1v) is 10.8. The first kappa shape index (κ1) is 21.8. The standard InChI is InChI=1S/C20H23ClF2O3S/c1-2-3-4-5-16(24)13-20(18-12-15(22)8-11-19(18)23)27(25,26)17-9-6-14(21)7-10-17/h6-12,16,20,24H,2-5,13H2,1H3. The molecule has 0 saturated carbocycles. The van der Waals surface area contributed by atoms with E-state index in [1.807, 2.05) is 6.92 Å². The van der Waals surface area contributed by atoms with Gasteiger partial charge in [-0.2, -0.15) is 0 Å². The average Bonchev–Trinajstić information content (AvgIpc) is 2.62. The molecule has 0 aliphatic rings. The fraction of sp³-hybridized carbons (Fsp3) is 0.400. The maximum atomic E-state index is 14.4. The van der Waals surface area contributed by atoms with Crippen LogP contribution < -0.4 is 0 Å². The third-order valence-corrected chi connectivity index (χ3v) is 6.83. The van der Waals surface area contributed by atoms with Crippen molar-refractivity contribution in [2.45, 2.75) is 55.3 Å². The number of hydrogen-bond donors (Lipinski definition) is 1. The molecular formula is C20H23ClF2O3S. The maximum Gasteiger partial charge on any atom is 0.185 e. The normalized spacial score (nSPS) is 14.1. The van der Waals surface area contributed by atoms with Crippen molar-refractivity contribution in [1.29, 1.82) is 0 Å². The van der Waals surface area contributed by atoms with Gasteiger partial charge in [0.25, 0.3) is 0 Å². The molecule has 0 bridgehead atoms. The Morgan fingerprint density at radius 1 is 1.07 bits per heavy atom. The Hall–Kier alpha value is -1.50. The van der Waals surface area contributed by atoms with E-state index in [9.17, 15) is 22.3 Å². The molecule has 3 nitrogen and oxygen atoms in total. The second kappa shape index (κ2) is 9.62. The van der Waals surface area contributed by atoms with Crippen LogP contribution in [0, 0.1) is 11.6 Å². The second-order valence-electron chi connectivity index (χ2n) is 6.54. The van der Waals surface area contributed by atoms with Gasteiger partial charge in [-0.05, 0) is 55.3 Å². The summed E-state index contributed by atoms with van der Waals surface area (Å²) in [6.45, 7) is 2.02. The Labute approximate surface area is 163 Å². The van der Waals surface area contributed by atoms with Gasteiger partial charge in [0.15, 0.2) is 9.84 Å². The van der Waals surface area contributed by atoms with E-state index in [-0.39, 0.29) is 16.9 Å². The van der Waals surface area contributed by atoms with Crippen molar-refractivity contribution in [3.05, 3.63) is 64.7 Å². The Morgan fingerprint density at radius 2 is 1.74 bits per heavy atom. The smallest absolute Gasteiger partial charge is 0.185 e. The van der Waals surface area contributed by atoms with Crippen LogP contribution in [0.4, 0.5) is 8.78 Å². The van der Waals surface area contributed by atoms with Crippen LogP contribution in [-0.4, -0.2) is 19.6 Å². The number of halogens is 3. The lowest BCUT2D eigenvalue weighted by molar-refractivity contribution is 0.149. The van der Waals surface area contributed by atoms with E-state index in [4.69, 9.17) is 11.6 Å². The molecular weight excluding hydrogens is 394 g/mol. The van der Waals surface area contributed by atoms with Gasteiger partial charge < -0.3 is 5.11 Å². The fourth-order valence-electron chi connectivity index (χ4n) is 2.97. The average molecular weight is 417 g/mol. The lowest BCUT2D eigenvalue weighted by Crippen LogP contribution is -2.21. The molecule has 2 aromatic rings. The zero-order valence-electron chi connectivity index (χ0n) is 15.0. The molecule has 0 aliphatic heterocycles. The van der Waals surface area contributed by atoms with Gasteiger partial charge in [-0.3, -0.25) is 0 Å². The van der Waals surface area contributed by atoms with Crippen molar-refractivity contribution in [3.63, 3.8) is 0 Å². The summed E-state index contributed by atoms with van der Waals surface area (Å²) in [7, 11) is -4.06. The first-order chi connectivity index (χ1) is 12.8. The SMILES string of the molecule is CCCCCC(O)CC(c1cc(F)ccc1F)S(=O)(=O)c1ccc(Cl)cc1. The van der Waals surface area contributed by atoms with E-state index in [1.54, 1.807) is 0 Å². The molecule has 2 atom stereocenters. The molecule has 0 radical (unpaired) electrons. The summed E-state index contributed by atoms with van der Waals surface area (Å²) in [5.74, 6) is -1.55. The number of benzene rings is 2. The highest BCUT2D eigenvalue weighted by Gasteiger charge is 2.33. The Bertz CT molecular complexity index is 854. The van der Waals surface area contributed by atoms with Gasteiger partial charge >= 0.3 is 0 Å². The van der Waals surface area contributed by atoms with Crippen molar-refractivity contribution in [2.24, 2.45) is 0 Å². The zero-order valence-corrected chi connectivity index (χ0v) is 16.6. The van der Waals surface area contributed by atoms with Gasteiger partial charge in [-0.15, -0.1) is 0 Å². The molecule has 0 heterocycles. The maximum absolute atomic E-state index is 14.4. The molecule has 0 spiro atoms. The van der Waals surface area contributed by atoms with E-state index in [2.05, 4.69) is 0 Å². The highest BCUT2D eigenvalue weighted by molar-refractivity contribution is 7.91. The number of sulfone groups is 1. The largest absolute Gasteiger partial charge is 0.393 e. The summed E-state index contributed by atoms with van der Waals surface area (Å²) < 4.78 is 54.3. The van der Waals surface area contributed by atoms with Crippen molar-refractivity contribution in [1.82, 2.24) is 0 Å². The summed E-state index contributed by atoms with van der Waals surface area (Å²) >= 11 is 5.82. The third-order valence-electron chi connectivity index (χ3n) is 4.45. The van der Waals surface area contributed by atoms with Gasteiger partial charge in [0.1, 0.15) is 11.6 Å². The number of aliphatic hydroxyl groups is 1. The number of aliphatic hydroxyl groups excluding tert-OH is 1. The predicted octanol–water partition coefficient (Wildman–Crippen LogP) is 5.46.